The fraction of sp³-hybridized carbons (Fsp3) is 0.533. The number of benzene rings is 1. The average Bonchev–Trinajstić information content (AvgIpc) is 2.51. The lowest BCUT2D eigenvalue weighted by Crippen LogP contribution is -2.44. The second-order valence-electron chi connectivity index (χ2n) is 5.01. The van der Waals surface area contributed by atoms with Crippen LogP contribution in [0.25, 0.3) is 0 Å². The second kappa shape index (κ2) is 9.55. The maximum Gasteiger partial charge on any atom is 0.324 e. The lowest BCUT2D eigenvalue weighted by atomic mass is 10.1. The molecule has 0 unspecified atom stereocenters. The molecule has 0 bridgehead atoms. The van der Waals surface area contributed by atoms with Crippen molar-refractivity contribution in [2.75, 3.05) is 26.5 Å². The first-order valence-electron chi connectivity index (χ1n) is 7.25. The van der Waals surface area contributed by atoms with E-state index in [0.717, 1.165) is 18.5 Å². The highest BCUT2D eigenvalue weighted by atomic mass is 32.2. The zero-order valence-electron chi connectivity index (χ0n) is 13.0. The molecule has 1 atom stereocenters. The van der Waals surface area contributed by atoms with E-state index >= 15 is 0 Å². The van der Waals surface area contributed by atoms with Crippen molar-refractivity contribution in [1.82, 2.24) is 10.0 Å². The molecule has 0 aliphatic rings. The van der Waals surface area contributed by atoms with Gasteiger partial charge in [-0.15, -0.1) is 0 Å². The first-order valence-corrected chi connectivity index (χ1v) is 8.90. The molecule has 1 aromatic rings. The van der Waals surface area contributed by atoms with Crippen LogP contribution in [0.4, 0.5) is 0 Å². The molecule has 0 aliphatic carbocycles. The van der Waals surface area contributed by atoms with Gasteiger partial charge in [-0.25, -0.2) is 13.1 Å². The number of rotatable bonds is 10. The quantitative estimate of drug-likeness (QED) is 0.488. The minimum Gasteiger partial charge on any atom is -0.468 e. The Bertz CT molecular complexity index is 546. The molecule has 0 spiro atoms. The zero-order chi connectivity index (χ0) is 16.4. The van der Waals surface area contributed by atoms with Crippen LogP contribution in [-0.2, 0) is 26.0 Å². The molecule has 0 amide bonds. The summed E-state index contributed by atoms with van der Waals surface area (Å²) in [5, 5.41) is 2.97. The van der Waals surface area contributed by atoms with Crippen molar-refractivity contribution >= 4 is 16.0 Å². The highest BCUT2D eigenvalue weighted by molar-refractivity contribution is 7.89. The summed E-state index contributed by atoms with van der Waals surface area (Å²) < 4.78 is 31.3. The number of nitrogens with one attached hydrogen (secondary N) is 2. The molecule has 0 saturated heterocycles. The Hall–Kier alpha value is -1.44. The SMILES string of the molecule is CNCCCCS(=O)(=O)N[C@@H](Cc1ccccc1)C(=O)OC. The normalized spacial score (nSPS) is 12.8. The van der Waals surface area contributed by atoms with Gasteiger partial charge in [-0.2, -0.15) is 0 Å². The Morgan fingerprint density at radius 2 is 1.91 bits per heavy atom. The zero-order valence-corrected chi connectivity index (χ0v) is 13.9. The van der Waals surface area contributed by atoms with Crippen LogP contribution < -0.4 is 10.0 Å². The monoisotopic (exact) mass is 328 g/mol. The summed E-state index contributed by atoms with van der Waals surface area (Å²) in [4.78, 5) is 11.8. The summed E-state index contributed by atoms with van der Waals surface area (Å²) in [5.74, 6) is -0.584. The largest absolute Gasteiger partial charge is 0.468 e. The van der Waals surface area contributed by atoms with Crippen molar-refractivity contribution in [3.63, 3.8) is 0 Å². The summed E-state index contributed by atoms with van der Waals surface area (Å²) in [7, 11) is -0.444. The molecule has 2 N–H and O–H groups in total. The maximum atomic E-state index is 12.1. The van der Waals surface area contributed by atoms with Gasteiger partial charge in [-0.3, -0.25) is 4.79 Å². The third-order valence-electron chi connectivity index (χ3n) is 3.18. The summed E-state index contributed by atoms with van der Waals surface area (Å²) in [6.45, 7) is 0.764. The van der Waals surface area contributed by atoms with Crippen LogP contribution in [0.5, 0.6) is 0 Å². The van der Waals surface area contributed by atoms with E-state index in [0.29, 0.717) is 6.42 Å². The van der Waals surface area contributed by atoms with E-state index in [9.17, 15) is 13.2 Å². The Kier molecular flexibility index (Phi) is 8.08. The number of methoxy groups -OCH3 is 1. The third-order valence-corrected chi connectivity index (χ3v) is 4.65. The highest BCUT2D eigenvalue weighted by Crippen LogP contribution is 2.06. The molecule has 0 fully saturated rings. The lowest BCUT2D eigenvalue weighted by molar-refractivity contribution is -0.142. The van der Waals surface area contributed by atoms with Crippen molar-refractivity contribution in [2.24, 2.45) is 0 Å². The highest BCUT2D eigenvalue weighted by Gasteiger charge is 2.25. The predicted molar refractivity (Wildman–Crippen MR) is 86.0 cm³/mol. The molecular formula is C15H24N2O4S. The summed E-state index contributed by atoms with van der Waals surface area (Å²) in [6, 6.07) is 8.34. The lowest BCUT2D eigenvalue weighted by Gasteiger charge is -2.16. The van der Waals surface area contributed by atoms with E-state index < -0.39 is 22.0 Å². The maximum absolute atomic E-state index is 12.1. The molecule has 0 heterocycles. The van der Waals surface area contributed by atoms with Crippen LogP contribution in [0.3, 0.4) is 0 Å². The Morgan fingerprint density at radius 1 is 1.23 bits per heavy atom. The first kappa shape index (κ1) is 18.6. The van der Waals surface area contributed by atoms with Gasteiger partial charge in [0.05, 0.1) is 12.9 Å². The van der Waals surface area contributed by atoms with E-state index in [1.807, 2.05) is 37.4 Å². The van der Waals surface area contributed by atoms with Gasteiger partial charge in [0.1, 0.15) is 6.04 Å². The fourth-order valence-corrected chi connectivity index (χ4v) is 3.35. The number of carbonyl (C=O) groups excluding carboxylic acids is 1. The Labute approximate surface area is 132 Å². The number of unbranched alkanes of at least 4 members (excludes halogenated alkanes) is 1. The molecule has 7 heteroatoms. The van der Waals surface area contributed by atoms with Crippen LogP contribution in [0.2, 0.25) is 0 Å². The minimum absolute atomic E-state index is 0.00301. The van der Waals surface area contributed by atoms with Gasteiger partial charge in [0.2, 0.25) is 10.0 Å². The standard InChI is InChI=1S/C15H24N2O4S/c1-16-10-6-7-11-22(19,20)17-14(15(18)21-2)12-13-8-4-3-5-9-13/h3-5,8-9,14,16-17H,6-7,10-12H2,1-2H3/t14-/m0/s1. The van der Waals surface area contributed by atoms with E-state index in [1.54, 1.807) is 0 Å². The van der Waals surface area contributed by atoms with Crippen molar-refractivity contribution in [3.8, 4) is 0 Å². The molecule has 0 aliphatic heterocycles. The van der Waals surface area contributed by atoms with Crippen LogP contribution >= 0.6 is 0 Å². The van der Waals surface area contributed by atoms with Crippen LogP contribution in [0.15, 0.2) is 30.3 Å². The average molecular weight is 328 g/mol. The van der Waals surface area contributed by atoms with E-state index in [-0.39, 0.29) is 12.2 Å². The number of esters is 1. The number of ether oxygens (including phenoxy) is 1. The summed E-state index contributed by atoms with van der Waals surface area (Å²) in [5.41, 5.74) is 0.871. The third kappa shape index (κ3) is 7.02. The van der Waals surface area contributed by atoms with Gasteiger partial charge in [-0.1, -0.05) is 30.3 Å². The van der Waals surface area contributed by atoms with Gasteiger partial charge < -0.3 is 10.1 Å². The predicted octanol–water partition coefficient (Wildman–Crippen LogP) is 0.690. The van der Waals surface area contributed by atoms with E-state index in [4.69, 9.17) is 4.74 Å². The molecule has 1 rings (SSSR count). The molecule has 124 valence electrons. The van der Waals surface area contributed by atoms with Crippen molar-refractivity contribution < 1.29 is 17.9 Å². The van der Waals surface area contributed by atoms with Gasteiger partial charge >= 0.3 is 5.97 Å². The number of hydrogen-bond donors (Lipinski definition) is 2. The number of sulfonamides is 1. The van der Waals surface area contributed by atoms with Gasteiger partial charge in [0, 0.05) is 0 Å². The number of hydrogen-bond acceptors (Lipinski definition) is 5. The minimum atomic E-state index is -3.52. The smallest absolute Gasteiger partial charge is 0.324 e. The van der Waals surface area contributed by atoms with Crippen molar-refractivity contribution in [2.45, 2.75) is 25.3 Å². The van der Waals surface area contributed by atoms with E-state index in [2.05, 4.69) is 10.0 Å². The van der Waals surface area contributed by atoms with Gasteiger partial charge in [0.15, 0.2) is 0 Å². The van der Waals surface area contributed by atoms with Gasteiger partial charge in [0.25, 0.3) is 0 Å². The molecule has 0 radical (unpaired) electrons. The van der Waals surface area contributed by atoms with Crippen LogP contribution in [-0.4, -0.2) is 46.9 Å². The van der Waals surface area contributed by atoms with Crippen molar-refractivity contribution in [3.05, 3.63) is 35.9 Å². The fourth-order valence-electron chi connectivity index (χ4n) is 2.03. The van der Waals surface area contributed by atoms with Gasteiger partial charge in [-0.05, 0) is 38.4 Å². The Morgan fingerprint density at radius 3 is 2.50 bits per heavy atom. The number of carbonyl (C=O) groups is 1. The molecule has 22 heavy (non-hydrogen) atoms. The summed E-state index contributed by atoms with van der Waals surface area (Å²) in [6.07, 6.45) is 1.57. The summed E-state index contributed by atoms with van der Waals surface area (Å²) >= 11 is 0. The van der Waals surface area contributed by atoms with E-state index in [1.165, 1.54) is 7.11 Å². The van der Waals surface area contributed by atoms with Crippen molar-refractivity contribution in [1.29, 1.82) is 0 Å². The molecule has 0 aromatic heterocycles. The molecule has 1 aromatic carbocycles. The second-order valence-corrected chi connectivity index (χ2v) is 6.89. The topological polar surface area (TPSA) is 84.5 Å². The molecule has 0 saturated carbocycles. The van der Waals surface area contributed by atoms with Crippen LogP contribution in [0, 0.1) is 0 Å². The first-order chi connectivity index (χ1) is 10.5. The van der Waals surface area contributed by atoms with Crippen LogP contribution in [0.1, 0.15) is 18.4 Å². The molecule has 6 nitrogen and oxygen atoms in total. The Balaban J connectivity index is 2.66. The molecular weight excluding hydrogens is 304 g/mol.